The molecular weight excluding hydrogens is 386 g/mol. The average Bonchev–Trinajstić information content (AvgIpc) is 2.63. The van der Waals surface area contributed by atoms with Gasteiger partial charge in [-0.3, -0.25) is 19.7 Å². The number of nitrogens with zero attached hydrogens (tertiary/aromatic N) is 4. The molecule has 1 aliphatic heterocycles. The van der Waals surface area contributed by atoms with Gasteiger partial charge in [-0.05, 0) is 26.8 Å². The number of aromatic nitrogens is 2. The fraction of sp³-hybridized carbons (Fsp3) is 0.389. The summed E-state index contributed by atoms with van der Waals surface area (Å²) in [5.41, 5.74) is -0.270. The van der Waals surface area contributed by atoms with Gasteiger partial charge in [-0.1, -0.05) is 12.1 Å². The van der Waals surface area contributed by atoms with E-state index in [0.29, 0.717) is 18.8 Å². The van der Waals surface area contributed by atoms with Crippen molar-refractivity contribution in [2.75, 3.05) is 13.1 Å². The van der Waals surface area contributed by atoms with Crippen LogP contribution in [-0.4, -0.2) is 50.7 Å². The summed E-state index contributed by atoms with van der Waals surface area (Å²) in [6.45, 7) is 6.59. The Bertz CT molecular complexity index is 961. The van der Waals surface area contributed by atoms with Crippen LogP contribution in [0, 0.1) is 17.0 Å². The summed E-state index contributed by atoms with van der Waals surface area (Å²) in [6.07, 6.45) is 0. The van der Waals surface area contributed by atoms with E-state index < -0.39 is 16.3 Å². The van der Waals surface area contributed by atoms with Crippen LogP contribution in [0.25, 0.3) is 5.69 Å². The largest absolute Gasteiger partial charge is 0.332 e. The lowest BCUT2D eigenvalue weighted by Gasteiger charge is -2.38. The Labute approximate surface area is 167 Å². The van der Waals surface area contributed by atoms with Crippen LogP contribution in [0.2, 0.25) is 0 Å². The van der Waals surface area contributed by atoms with Gasteiger partial charge in [0, 0.05) is 43.0 Å². The Kier molecular flexibility index (Phi) is 6.52. The maximum absolute atomic E-state index is 13.0. The van der Waals surface area contributed by atoms with Crippen molar-refractivity contribution in [2.24, 2.45) is 0 Å². The highest BCUT2D eigenvalue weighted by Crippen LogP contribution is 2.22. The van der Waals surface area contributed by atoms with E-state index in [1.54, 1.807) is 24.0 Å². The van der Waals surface area contributed by atoms with Gasteiger partial charge in [-0.2, -0.15) is 5.10 Å². The topological polar surface area (TPSA) is 110 Å². The maximum atomic E-state index is 13.0. The summed E-state index contributed by atoms with van der Waals surface area (Å²) >= 11 is 0. The molecule has 0 spiro atoms. The number of nitrogens with one attached hydrogen (secondary N) is 1. The van der Waals surface area contributed by atoms with Crippen molar-refractivity contribution in [2.45, 2.75) is 32.9 Å². The van der Waals surface area contributed by atoms with Crippen LogP contribution >= 0.6 is 12.4 Å². The zero-order valence-corrected chi connectivity index (χ0v) is 16.6. The van der Waals surface area contributed by atoms with Crippen molar-refractivity contribution in [3.8, 4) is 5.69 Å². The number of amides is 1. The number of carbonyl (C=O) groups is 1. The van der Waals surface area contributed by atoms with Gasteiger partial charge in [0.05, 0.1) is 4.92 Å². The molecule has 2 atom stereocenters. The normalized spacial score (nSPS) is 19.0. The number of nitro groups is 1. The summed E-state index contributed by atoms with van der Waals surface area (Å²) < 4.78 is 1.28. The molecule has 1 amide bonds. The Hall–Kier alpha value is -2.78. The molecule has 1 aromatic heterocycles. The molecule has 2 unspecified atom stereocenters. The van der Waals surface area contributed by atoms with Gasteiger partial charge in [0.1, 0.15) is 5.69 Å². The van der Waals surface area contributed by atoms with Gasteiger partial charge >= 0.3 is 0 Å². The van der Waals surface area contributed by atoms with Crippen molar-refractivity contribution in [1.82, 2.24) is 20.0 Å². The average molecular weight is 408 g/mol. The zero-order chi connectivity index (χ0) is 19.7. The third kappa shape index (κ3) is 3.90. The second-order valence-corrected chi connectivity index (χ2v) is 6.64. The Morgan fingerprint density at radius 1 is 1.32 bits per heavy atom. The molecule has 28 heavy (non-hydrogen) atoms. The molecule has 0 radical (unpaired) electrons. The standard InChI is InChI=1S/C18H21N5O4.ClH/c1-11-10-16(24)17(18(25)21-9-8-19-12(2)13(21)3)20-22(11)14-6-4-5-7-15(14)23(26)27;/h4-7,10,12-13,19H,8-9H2,1-3H3;1H. The van der Waals surface area contributed by atoms with Crippen LogP contribution < -0.4 is 10.7 Å². The Morgan fingerprint density at radius 2 is 2.00 bits per heavy atom. The number of rotatable bonds is 3. The molecule has 1 saturated heterocycles. The molecule has 10 heteroatoms. The van der Waals surface area contributed by atoms with Crippen LogP contribution in [0.1, 0.15) is 30.0 Å². The highest BCUT2D eigenvalue weighted by Gasteiger charge is 2.31. The third-order valence-electron chi connectivity index (χ3n) is 4.91. The van der Waals surface area contributed by atoms with Crippen molar-refractivity contribution in [3.05, 3.63) is 62.1 Å². The molecule has 2 aromatic rings. The number of carbonyl (C=O) groups excluding carboxylic acids is 1. The first-order chi connectivity index (χ1) is 12.8. The minimum Gasteiger partial charge on any atom is -0.332 e. The minimum atomic E-state index is -0.518. The second kappa shape index (κ2) is 8.49. The summed E-state index contributed by atoms with van der Waals surface area (Å²) in [6, 6.07) is 7.35. The van der Waals surface area contributed by atoms with Crippen LogP contribution in [0.4, 0.5) is 5.69 Å². The first kappa shape index (κ1) is 21.5. The predicted octanol–water partition coefficient (Wildman–Crippen LogP) is 1.69. The third-order valence-corrected chi connectivity index (χ3v) is 4.91. The fourth-order valence-corrected chi connectivity index (χ4v) is 3.22. The number of nitro benzene ring substituents is 1. The van der Waals surface area contributed by atoms with Crippen molar-refractivity contribution in [3.63, 3.8) is 0 Å². The van der Waals surface area contributed by atoms with Gasteiger partial charge in [0.15, 0.2) is 5.69 Å². The lowest BCUT2D eigenvalue weighted by atomic mass is 10.1. The van der Waals surface area contributed by atoms with Crippen molar-refractivity contribution in [1.29, 1.82) is 0 Å². The molecule has 9 nitrogen and oxygen atoms in total. The molecule has 150 valence electrons. The van der Waals surface area contributed by atoms with Crippen LogP contribution in [0.5, 0.6) is 0 Å². The van der Waals surface area contributed by atoms with E-state index in [-0.39, 0.29) is 41.6 Å². The van der Waals surface area contributed by atoms with E-state index in [4.69, 9.17) is 0 Å². The summed E-state index contributed by atoms with van der Waals surface area (Å²) in [7, 11) is 0. The molecule has 1 aromatic carbocycles. The molecule has 3 rings (SSSR count). The number of aryl methyl sites for hydroxylation is 1. The summed E-state index contributed by atoms with van der Waals surface area (Å²) in [5.74, 6) is -0.465. The lowest BCUT2D eigenvalue weighted by molar-refractivity contribution is -0.384. The van der Waals surface area contributed by atoms with Crippen LogP contribution in [0.3, 0.4) is 0 Å². The Balaban J connectivity index is 0.00000280. The number of hydrogen-bond donors (Lipinski definition) is 1. The Morgan fingerprint density at radius 3 is 2.68 bits per heavy atom. The van der Waals surface area contributed by atoms with E-state index >= 15 is 0 Å². The van der Waals surface area contributed by atoms with Gasteiger partial charge in [0.2, 0.25) is 5.43 Å². The fourth-order valence-electron chi connectivity index (χ4n) is 3.22. The van der Waals surface area contributed by atoms with Gasteiger partial charge in [-0.25, -0.2) is 4.68 Å². The number of piperazine rings is 1. The van der Waals surface area contributed by atoms with Crippen LogP contribution in [0.15, 0.2) is 35.1 Å². The number of hydrogen-bond acceptors (Lipinski definition) is 6. The predicted molar refractivity (Wildman–Crippen MR) is 106 cm³/mol. The maximum Gasteiger partial charge on any atom is 0.294 e. The highest BCUT2D eigenvalue weighted by molar-refractivity contribution is 5.92. The minimum absolute atomic E-state index is 0. The quantitative estimate of drug-likeness (QED) is 0.612. The lowest BCUT2D eigenvalue weighted by Crippen LogP contribution is -2.57. The monoisotopic (exact) mass is 407 g/mol. The molecule has 1 N–H and O–H groups in total. The number of benzene rings is 1. The first-order valence-electron chi connectivity index (χ1n) is 8.70. The van der Waals surface area contributed by atoms with E-state index in [1.807, 2.05) is 13.8 Å². The highest BCUT2D eigenvalue weighted by atomic mass is 35.5. The molecule has 0 saturated carbocycles. The smallest absolute Gasteiger partial charge is 0.294 e. The first-order valence-corrected chi connectivity index (χ1v) is 8.70. The van der Waals surface area contributed by atoms with Crippen molar-refractivity contribution < 1.29 is 9.72 Å². The van der Waals surface area contributed by atoms with Gasteiger partial charge in [-0.15, -0.1) is 12.4 Å². The summed E-state index contributed by atoms with van der Waals surface area (Å²) in [5, 5.41) is 18.8. The van der Waals surface area contributed by atoms with E-state index in [0.717, 1.165) is 0 Å². The van der Waals surface area contributed by atoms with E-state index in [9.17, 15) is 19.7 Å². The molecule has 0 bridgehead atoms. The van der Waals surface area contributed by atoms with E-state index in [1.165, 1.54) is 22.9 Å². The SMILES string of the molecule is Cc1cc(=O)c(C(=O)N2CCNC(C)C2C)nn1-c1ccccc1[N+](=O)[O-].Cl. The summed E-state index contributed by atoms with van der Waals surface area (Å²) in [4.78, 5) is 37.9. The van der Waals surface area contributed by atoms with Crippen molar-refractivity contribution >= 4 is 24.0 Å². The molecule has 0 aliphatic carbocycles. The zero-order valence-electron chi connectivity index (χ0n) is 15.8. The number of para-hydroxylation sites is 2. The number of halogens is 1. The molecule has 2 heterocycles. The molecular formula is C18H22ClN5O4. The molecule has 1 fully saturated rings. The second-order valence-electron chi connectivity index (χ2n) is 6.64. The molecule has 1 aliphatic rings. The van der Waals surface area contributed by atoms with Crippen LogP contribution in [-0.2, 0) is 0 Å². The van der Waals surface area contributed by atoms with Gasteiger partial charge in [0.25, 0.3) is 11.6 Å². The van der Waals surface area contributed by atoms with Gasteiger partial charge < -0.3 is 10.2 Å². The van der Waals surface area contributed by atoms with E-state index in [2.05, 4.69) is 10.4 Å².